The van der Waals surface area contributed by atoms with Gasteiger partial charge in [-0.05, 0) is 27.7 Å². The van der Waals surface area contributed by atoms with Gasteiger partial charge in [0.2, 0.25) is 5.91 Å². The highest BCUT2D eigenvalue weighted by Gasteiger charge is 2.15. The predicted octanol–water partition coefficient (Wildman–Crippen LogP) is 2.30. The smallest absolute Gasteiger partial charge is 0.239 e. The molecule has 1 aromatic carbocycles. The Morgan fingerprint density at radius 2 is 1.61 bits per heavy atom. The molecule has 0 saturated carbocycles. The van der Waals surface area contributed by atoms with Crippen LogP contribution in [-0.4, -0.2) is 51.8 Å². The standard InChI is InChI=1S/C19H32N4O4.HI/c1-8-20-18(22-12-17(24)23-19(2,3)4)21-11-14-15(26-6)9-13(25-5)10-16(14)27-7;/h9-10H,8,11-12H2,1-7H3,(H,23,24)(H2,20,21,22);1H. The second-order valence-corrected chi connectivity index (χ2v) is 6.86. The van der Waals surface area contributed by atoms with E-state index in [1.807, 2.05) is 27.7 Å². The number of hydrogen-bond donors (Lipinski definition) is 3. The number of rotatable bonds is 8. The number of hydrogen-bond acceptors (Lipinski definition) is 5. The van der Waals surface area contributed by atoms with Crippen molar-refractivity contribution in [3.05, 3.63) is 17.7 Å². The van der Waals surface area contributed by atoms with Crippen molar-refractivity contribution in [1.82, 2.24) is 16.0 Å². The van der Waals surface area contributed by atoms with Crippen molar-refractivity contribution < 1.29 is 19.0 Å². The average Bonchev–Trinajstić information content (AvgIpc) is 2.61. The van der Waals surface area contributed by atoms with Crippen molar-refractivity contribution in [2.45, 2.75) is 39.8 Å². The van der Waals surface area contributed by atoms with Crippen LogP contribution in [0.3, 0.4) is 0 Å². The summed E-state index contributed by atoms with van der Waals surface area (Å²) in [5.74, 6) is 2.31. The first kappa shape index (κ1) is 26.1. The monoisotopic (exact) mass is 508 g/mol. The molecule has 0 fully saturated rings. The van der Waals surface area contributed by atoms with Crippen molar-refractivity contribution in [3.8, 4) is 17.2 Å². The van der Waals surface area contributed by atoms with Crippen LogP contribution >= 0.6 is 24.0 Å². The minimum Gasteiger partial charge on any atom is -0.496 e. The molecule has 0 aliphatic carbocycles. The molecule has 0 heterocycles. The third kappa shape index (κ3) is 8.85. The lowest BCUT2D eigenvalue weighted by atomic mass is 10.1. The number of guanidine groups is 1. The van der Waals surface area contributed by atoms with Gasteiger partial charge in [0.1, 0.15) is 17.2 Å². The minimum absolute atomic E-state index is 0. The summed E-state index contributed by atoms with van der Waals surface area (Å²) in [6.45, 7) is 8.88. The molecule has 28 heavy (non-hydrogen) atoms. The number of nitrogens with one attached hydrogen (secondary N) is 3. The Bertz CT molecular complexity index is 635. The summed E-state index contributed by atoms with van der Waals surface area (Å²) in [6, 6.07) is 3.56. The van der Waals surface area contributed by atoms with Gasteiger partial charge in [0.05, 0.1) is 40.0 Å². The number of carbonyl (C=O) groups excluding carboxylic acids is 1. The summed E-state index contributed by atoms with van der Waals surface area (Å²) in [4.78, 5) is 16.5. The molecule has 0 spiro atoms. The van der Waals surface area contributed by atoms with Crippen LogP contribution in [0.4, 0.5) is 0 Å². The van der Waals surface area contributed by atoms with Crippen molar-refractivity contribution >= 4 is 35.8 Å². The maximum atomic E-state index is 12.0. The Kier molecular flexibility index (Phi) is 11.7. The van der Waals surface area contributed by atoms with E-state index in [1.54, 1.807) is 33.5 Å². The number of nitrogens with zero attached hydrogens (tertiary/aromatic N) is 1. The molecule has 160 valence electrons. The number of carbonyl (C=O) groups is 1. The Morgan fingerprint density at radius 3 is 2.04 bits per heavy atom. The van der Waals surface area contributed by atoms with E-state index in [1.165, 1.54) is 0 Å². The molecule has 0 radical (unpaired) electrons. The summed E-state index contributed by atoms with van der Waals surface area (Å²) in [7, 11) is 4.76. The summed E-state index contributed by atoms with van der Waals surface area (Å²) in [5.41, 5.74) is 0.509. The zero-order valence-electron chi connectivity index (χ0n) is 17.8. The highest BCUT2D eigenvalue weighted by Crippen LogP contribution is 2.34. The molecular weight excluding hydrogens is 475 g/mol. The fourth-order valence-corrected chi connectivity index (χ4v) is 2.36. The maximum absolute atomic E-state index is 12.0. The van der Waals surface area contributed by atoms with Gasteiger partial charge in [-0.25, -0.2) is 4.99 Å². The first-order chi connectivity index (χ1) is 12.7. The number of benzene rings is 1. The lowest BCUT2D eigenvalue weighted by Crippen LogP contribution is -2.48. The lowest BCUT2D eigenvalue weighted by molar-refractivity contribution is -0.121. The SMILES string of the molecule is CCNC(=NCc1c(OC)cc(OC)cc1OC)NCC(=O)NC(C)(C)C.I. The Labute approximate surface area is 184 Å². The second-order valence-electron chi connectivity index (χ2n) is 6.86. The summed E-state index contributed by atoms with van der Waals surface area (Å²) >= 11 is 0. The molecular formula is C19H33IN4O4. The highest BCUT2D eigenvalue weighted by atomic mass is 127. The molecule has 0 unspecified atom stereocenters. The zero-order chi connectivity index (χ0) is 20.4. The van der Waals surface area contributed by atoms with Crippen LogP contribution in [0.5, 0.6) is 17.2 Å². The van der Waals surface area contributed by atoms with Gasteiger partial charge in [-0.15, -0.1) is 24.0 Å². The van der Waals surface area contributed by atoms with Gasteiger partial charge < -0.3 is 30.2 Å². The third-order valence-corrected chi connectivity index (χ3v) is 3.49. The van der Waals surface area contributed by atoms with Crippen LogP contribution in [0.1, 0.15) is 33.3 Å². The first-order valence-electron chi connectivity index (χ1n) is 8.86. The molecule has 3 N–H and O–H groups in total. The van der Waals surface area contributed by atoms with E-state index in [9.17, 15) is 4.79 Å². The predicted molar refractivity (Wildman–Crippen MR) is 122 cm³/mol. The van der Waals surface area contributed by atoms with Crippen LogP contribution in [0.2, 0.25) is 0 Å². The molecule has 9 heteroatoms. The molecule has 0 aromatic heterocycles. The fraction of sp³-hybridized carbons (Fsp3) is 0.579. The van der Waals surface area contributed by atoms with E-state index >= 15 is 0 Å². The quantitative estimate of drug-likeness (QED) is 0.284. The maximum Gasteiger partial charge on any atom is 0.239 e. The van der Waals surface area contributed by atoms with E-state index in [0.717, 1.165) is 5.56 Å². The Hall–Kier alpha value is -1.91. The lowest BCUT2D eigenvalue weighted by Gasteiger charge is -2.21. The average molecular weight is 508 g/mol. The largest absolute Gasteiger partial charge is 0.496 e. The molecule has 0 saturated heterocycles. The Morgan fingerprint density at radius 1 is 1.04 bits per heavy atom. The number of ether oxygens (including phenoxy) is 3. The van der Waals surface area contributed by atoms with E-state index in [4.69, 9.17) is 14.2 Å². The van der Waals surface area contributed by atoms with E-state index < -0.39 is 0 Å². The molecule has 1 amide bonds. The van der Waals surface area contributed by atoms with Crippen LogP contribution in [0, 0.1) is 0 Å². The molecule has 1 aromatic rings. The van der Waals surface area contributed by atoms with Gasteiger partial charge in [-0.2, -0.15) is 0 Å². The van der Waals surface area contributed by atoms with E-state index in [2.05, 4.69) is 20.9 Å². The molecule has 0 atom stereocenters. The molecule has 1 rings (SSSR count). The van der Waals surface area contributed by atoms with E-state index in [-0.39, 0.29) is 42.0 Å². The minimum atomic E-state index is -0.280. The molecule has 0 aliphatic rings. The van der Waals surface area contributed by atoms with Crippen LogP contribution in [0.25, 0.3) is 0 Å². The molecule has 0 aliphatic heterocycles. The second kappa shape index (κ2) is 12.5. The van der Waals surface area contributed by atoms with Crippen LogP contribution in [-0.2, 0) is 11.3 Å². The van der Waals surface area contributed by atoms with Gasteiger partial charge in [-0.3, -0.25) is 4.79 Å². The zero-order valence-corrected chi connectivity index (χ0v) is 20.1. The Balaban J connectivity index is 0.00000729. The third-order valence-electron chi connectivity index (χ3n) is 3.49. The summed E-state index contributed by atoms with van der Waals surface area (Å²) in [5, 5.41) is 9.05. The van der Waals surface area contributed by atoms with Gasteiger partial charge in [0.15, 0.2) is 5.96 Å². The first-order valence-corrected chi connectivity index (χ1v) is 8.86. The number of amides is 1. The highest BCUT2D eigenvalue weighted by molar-refractivity contribution is 14.0. The van der Waals surface area contributed by atoms with Gasteiger partial charge in [0.25, 0.3) is 0 Å². The topological polar surface area (TPSA) is 93.2 Å². The van der Waals surface area contributed by atoms with Gasteiger partial charge in [0, 0.05) is 24.2 Å². The summed E-state index contributed by atoms with van der Waals surface area (Å²) in [6.07, 6.45) is 0. The van der Waals surface area contributed by atoms with Crippen molar-refractivity contribution in [3.63, 3.8) is 0 Å². The molecule has 8 nitrogen and oxygen atoms in total. The number of aliphatic imine (C=N–C) groups is 1. The van der Waals surface area contributed by atoms with E-state index in [0.29, 0.717) is 36.3 Å². The number of methoxy groups -OCH3 is 3. The number of halogens is 1. The van der Waals surface area contributed by atoms with Crippen molar-refractivity contribution in [2.75, 3.05) is 34.4 Å². The van der Waals surface area contributed by atoms with Gasteiger partial charge >= 0.3 is 0 Å². The van der Waals surface area contributed by atoms with Gasteiger partial charge in [-0.1, -0.05) is 0 Å². The molecule has 0 bridgehead atoms. The van der Waals surface area contributed by atoms with Crippen molar-refractivity contribution in [1.29, 1.82) is 0 Å². The summed E-state index contributed by atoms with van der Waals surface area (Å²) < 4.78 is 16.1. The van der Waals surface area contributed by atoms with Crippen LogP contribution < -0.4 is 30.2 Å². The van der Waals surface area contributed by atoms with Crippen molar-refractivity contribution in [2.24, 2.45) is 4.99 Å². The normalized spacial score (nSPS) is 11.2. The fourth-order valence-electron chi connectivity index (χ4n) is 2.36. The van der Waals surface area contributed by atoms with Crippen LogP contribution in [0.15, 0.2) is 17.1 Å².